The maximum atomic E-state index is 11.7. The van der Waals surface area contributed by atoms with Gasteiger partial charge in [0.25, 0.3) is 0 Å². The molecule has 0 heterocycles. The minimum atomic E-state index is -2.45. The van der Waals surface area contributed by atoms with E-state index in [0.717, 1.165) is 10.4 Å². The summed E-state index contributed by atoms with van der Waals surface area (Å²) in [6, 6.07) is 7.34. The normalized spacial score (nSPS) is 11.4. The zero-order chi connectivity index (χ0) is 11.0. The Morgan fingerprint density at radius 2 is 0.875 bits per heavy atom. The Balaban J connectivity index is 0. The molecule has 1 aromatic carbocycles. The Kier molecular flexibility index (Phi) is 7.93. The van der Waals surface area contributed by atoms with Crippen molar-refractivity contribution in [2.75, 3.05) is 0 Å². The molecule has 0 spiro atoms. The van der Waals surface area contributed by atoms with Crippen molar-refractivity contribution in [3.8, 4) is 0 Å². The molecule has 0 fully saturated rings. The Hall–Kier alpha value is 0.769. The molecule has 0 aliphatic heterocycles. The van der Waals surface area contributed by atoms with Gasteiger partial charge in [0.15, 0.2) is 0 Å². The molecular formula is C10H16Li2O2Si2. The molecule has 78 valence electrons. The van der Waals surface area contributed by atoms with E-state index in [1.165, 1.54) is 0 Å². The zero-order valence-electron chi connectivity index (χ0n) is 11.1. The van der Waals surface area contributed by atoms with Crippen LogP contribution in [0.3, 0.4) is 0 Å². The minimum absolute atomic E-state index is 0. The van der Waals surface area contributed by atoms with E-state index in [1.807, 2.05) is 24.3 Å². The van der Waals surface area contributed by atoms with E-state index in [9.17, 15) is 9.59 Å². The van der Waals surface area contributed by atoms with Crippen LogP contribution in [0.4, 0.5) is 0 Å². The van der Waals surface area contributed by atoms with Gasteiger partial charge in [-0.15, -0.1) is 0 Å². The standard InChI is InChI=1S/C10H16O2Si2.2Li/c1-13(2,11)9-5-7-10(8-6-9)14(3,4)12;;/h5-8H,1-4H3;;/q-2;2*+1. The number of hydrogen-bond donors (Lipinski definition) is 0. The van der Waals surface area contributed by atoms with E-state index in [2.05, 4.69) is 0 Å². The fraction of sp³-hybridized carbons (Fsp3) is 0.400. The van der Waals surface area contributed by atoms with Gasteiger partial charge in [0.05, 0.1) is 0 Å². The molecule has 0 saturated carbocycles. The first-order chi connectivity index (χ1) is 6.21. The van der Waals surface area contributed by atoms with Crippen LogP contribution in [-0.4, -0.2) is 16.6 Å². The molecule has 0 saturated heterocycles. The summed E-state index contributed by atoms with van der Waals surface area (Å²) in [6.07, 6.45) is 0. The van der Waals surface area contributed by atoms with Gasteiger partial charge in [-0.25, -0.2) is 0 Å². The summed E-state index contributed by atoms with van der Waals surface area (Å²) in [5.41, 5.74) is 0. The molecule has 1 aromatic rings. The SMILES string of the molecule is C[Si](C)([O-])c1ccc([Si](C)(C)[O-])cc1.[Li+].[Li+]. The maximum Gasteiger partial charge on any atom is 1.00 e. The van der Waals surface area contributed by atoms with Crippen molar-refractivity contribution in [2.24, 2.45) is 0 Å². The van der Waals surface area contributed by atoms with Gasteiger partial charge < -0.3 is 9.59 Å². The second-order valence-electron chi connectivity index (χ2n) is 4.60. The smallest absolute Gasteiger partial charge is 0.855 e. The molecule has 0 N–H and O–H groups in total. The Morgan fingerprint density at radius 3 is 1.00 bits per heavy atom. The van der Waals surface area contributed by atoms with Crippen LogP contribution >= 0.6 is 0 Å². The van der Waals surface area contributed by atoms with Crippen molar-refractivity contribution in [3.05, 3.63) is 24.3 Å². The molecule has 0 amide bonds. The Morgan fingerprint density at radius 1 is 0.688 bits per heavy atom. The van der Waals surface area contributed by atoms with E-state index in [0.29, 0.717) is 0 Å². The van der Waals surface area contributed by atoms with Gasteiger partial charge in [-0.05, 0) is 16.6 Å². The predicted octanol–water partition coefficient (Wildman–Crippen LogP) is -6.76. The molecule has 16 heavy (non-hydrogen) atoms. The summed E-state index contributed by atoms with van der Waals surface area (Å²) < 4.78 is 0. The molecule has 0 unspecified atom stereocenters. The second kappa shape index (κ2) is 6.63. The van der Waals surface area contributed by atoms with Gasteiger partial charge in [-0.1, -0.05) is 60.8 Å². The Labute approximate surface area is 124 Å². The van der Waals surface area contributed by atoms with Gasteiger partial charge in [0.1, 0.15) is 0 Å². The summed E-state index contributed by atoms with van der Waals surface area (Å²) in [6.45, 7) is 7.06. The van der Waals surface area contributed by atoms with Crippen molar-refractivity contribution in [2.45, 2.75) is 26.2 Å². The van der Waals surface area contributed by atoms with Crippen LogP contribution < -0.4 is 57.7 Å². The first-order valence-corrected chi connectivity index (χ1v) is 10.5. The van der Waals surface area contributed by atoms with E-state index in [-0.39, 0.29) is 37.7 Å². The molecule has 0 radical (unpaired) electrons. The summed E-state index contributed by atoms with van der Waals surface area (Å²) in [5, 5.41) is 1.75. The third-order valence-electron chi connectivity index (χ3n) is 2.28. The van der Waals surface area contributed by atoms with Crippen molar-refractivity contribution in [1.82, 2.24) is 0 Å². The van der Waals surface area contributed by atoms with Gasteiger partial charge in [0.2, 0.25) is 0 Å². The predicted molar refractivity (Wildman–Crippen MR) is 60.7 cm³/mol. The van der Waals surface area contributed by atoms with E-state index in [4.69, 9.17) is 0 Å². The molecule has 0 atom stereocenters. The van der Waals surface area contributed by atoms with E-state index < -0.39 is 16.6 Å². The summed E-state index contributed by atoms with van der Waals surface area (Å²) >= 11 is 0. The monoisotopic (exact) mass is 238 g/mol. The van der Waals surface area contributed by atoms with Gasteiger partial charge >= 0.3 is 37.7 Å². The van der Waals surface area contributed by atoms with Crippen LogP contribution in [0.1, 0.15) is 0 Å². The van der Waals surface area contributed by atoms with Crippen LogP contribution in [0.25, 0.3) is 0 Å². The first-order valence-electron chi connectivity index (χ1n) is 4.73. The molecular weight excluding hydrogens is 222 g/mol. The maximum absolute atomic E-state index is 11.7. The molecule has 0 aliphatic carbocycles. The van der Waals surface area contributed by atoms with Crippen molar-refractivity contribution >= 4 is 27.0 Å². The largest absolute Gasteiger partial charge is 1.00 e. The van der Waals surface area contributed by atoms with Crippen LogP contribution in [0.15, 0.2) is 24.3 Å². The summed E-state index contributed by atoms with van der Waals surface area (Å²) in [5.74, 6) is 0. The van der Waals surface area contributed by atoms with E-state index >= 15 is 0 Å². The molecule has 6 heteroatoms. The van der Waals surface area contributed by atoms with Crippen molar-refractivity contribution < 1.29 is 47.3 Å². The second-order valence-corrected chi connectivity index (χ2v) is 11.8. The van der Waals surface area contributed by atoms with Crippen molar-refractivity contribution in [3.63, 3.8) is 0 Å². The quantitative estimate of drug-likeness (QED) is 0.481. The third-order valence-corrected chi connectivity index (χ3v) is 5.72. The summed E-state index contributed by atoms with van der Waals surface area (Å²) in [7, 11) is -4.90. The number of benzene rings is 1. The summed E-state index contributed by atoms with van der Waals surface area (Å²) in [4.78, 5) is 23.5. The topological polar surface area (TPSA) is 46.1 Å². The van der Waals surface area contributed by atoms with Crippen LogP contribution in [-0.2, 0) is 0 Å². The van der Waals surface area contributed by atoms with Gasteiger partial charge in [0, 0.05) is 0 Å². The molecule has 0 bridgehead atoms. The first kappa shape index (κ1) is 19.1. The molecule has 1 rings (SSSR count). The average molecular weight is 238 g/mol. The number of hydrogen-bond acceptors (Lipinski definition) is 2. The van der Waals surface area contributed by atoms with Gasteiger partial charge in [-0.3, -0.25) is 0 Å². The average Bonchev–Trinajstić information content (AvgIpc) is 2.01. The van der Waals surface area contributed by atoms with Gasteiger partial charge in [-0.2, -0.15) is 0 Å². The molecule has 0 aromatic heterocycles. The van der Waals surface area contributed by atoms with Crippen LogP contribution in [0.5, 0.6) is 0 Å². The third kappa shape index (κ3) is 5.40. The number of rotatable bonds is 2. The van der Waals surface area contributed by atoms with E-state index in [1.54, 1.807) is 26.2 Å². The minimum Gasteiger partial charge on any atom is -0.855 e. The fourth-order valence-corrected chi connectivity index (χ4v) is 3.21. The van der Waals surface area contributed by atoms with Crippen LogP contribution in [0.2, 0.25) is 26.2 Å². The zero-order valence-corrected chi connectivity index (χ0v) is 13.1. The molecule has 0 aliphatic rings. The van der Waals surface area contributed by atoms with Crippen molar-refractivity contribution in [1.29, 1.82) is 0 Å². The van der Waals surface area contributed by atoms with Crippen LogP contribution in [0, 0.1) is 0 Å². The fourth-order valence-electron chi connectivity index (χ4n) is 1.27. The molecule has 2 nitrogen and oxygen atoms in total. The Bertz CT molecular complexity index is 282.